The van der Waals surface area contributed by atoms with Gasteiger partial charge in [-0.15, -0.1) is 0 Å². The molecule has 0 radical (unpaired) electrons. The van der Waals surface area contributed by atoms with Gasteiger partial charge in [0.1, 0.15) is 18.2 Å². The van der Waals surface area contributed by atoms with E-state index in [2.05, 4.69) is 0 Å². The fourth-order valence-corrected chi connectivity index (χ4v) is 4.00. The minimum absolute atomic E-state index is 0.00672. The van der Waals surface area contributed by atoms with Crippen LogP contribution in [-0.2, 0) is 4.74 Å². The van der Waals surface area contributed by atoms with Crippen LogP contribution in [0.15, 0.2) is 42.5 Å². The van der Waals surface area contributed by atoms with Crippen LogP contribution in [0.3, 0.4) is 0 Å². The highest BCUT2D eigenvalue weighted by atomic mass is 19.1. The number of carbonyl (C=O) groups excluding carboxylic acids is 2. The second-order valence-electron chi connectivity index (χ2n) is 8.00. The smallest absolute Gasteiger partial charge is 0.254 e. The summed E-state index contributed by atoms with van der Waals surface area (Å²) in [7, 11) is 0. The highest BCUT2D eigenvalue weighted by Gasteiger charge is 2.30. The van der Waals surface area contributed by atoms with E-state index >= 15 is 0 Å². The molecule has 2 aliphatic heterocycles. The van der Waals surface area contributed by atoms with E-state index in [9.17, 15) is 14.0 Å². The number of benzene rings is 2. The maximum Gasteiger partial charge on any atom is 0.254 e. The summed E-state index contributed by atoms with van der Waals surface area (Å²) < 4.78 is 25.1. The molecule has 2 saturated heterocycles. The first-order chi connectivity index (χ1) is 15.0. The lowest BCUT2D eigenvalue weighted by Gasteiger charge is -2.27. The lowest BCUT2D eigenvalue weighted by Crippen LogP contribution is -2.40. The fraction of sp³-hybridized carbons (Fsp3) is 0.417. The van der Waals surface area contributed by atoms with Gasteiger partial charge in [-0.1, -0.05) is 6.07 Å². The van der Waals surface area contributed by atoms with Crippen molar-refractivity contribution in [3.8, 4) is 5.75 Å². The normalized spacial score (nSPS) is 18.8. The molecule has 0 bridgehead atoms. The number of likely N-dealkylation sites (tertiary alicyclic amines) is 1. The first kappa shape index (κ1) is 21.3. The van der Waals surface area contributed by atoms with Gasteiger partial charge in [0.15, 0.2) is 0 Å². The number of hydrogen-bond acceptors (Lipinski definition) is 4. The van der Waals surface area contributed by atoms with Crippen LogP contribution in [0.2, 0.25) is 0 Å². The Bertz CT molecular complexity index is 941. The molecule has 0 saturated carbocycles. The first-order valence-corrected chi connectivity index (χ1v) is 10.7. The highest BCUT2D eigenvalue weighted by molar-refractivity contribution is 5.95. The van der Waals surface area contributed by atoms with Crippen LogP contribution in [0.1, 0.15) is 39.1 Å². The second kappa shape index (κ2) is 9.47. The standard InChI is InChI=1S/C24H27FN2O4/c1-17-4-5-19(15-22(17)25)24(29)27-10-2-3-20(27)16-31-21-8-6-18(7-9-21)23(28)26-11-13-30-14-12-26/h4-9,15,20H,2-3,10-14,16H2,1H3. The van der Waals surface area contributed by atoms with Crippen molar-refractivity contribution in [2.75, 3.05) is 39.5 Å². The Morgan fingerprint density at radius 3 is 2.45 bits per heavy atom. The summed E-state index contributed by atoms with van der Waals surface area (Å²) in [5, 5.41) is 0. The van der Waals surface area contributed by atoms with Crippen LogP contribution in [0, 0.1) is 12.7 Å². The van der Waals surface area contributed by atoms with Gasteiger partial charge in [0.25, 0.3) is 11.8 Å². The molecule has 0 aliphatic carbocycles. The molecule has 7 heteroatoms. The van der Waals surface area contributed by atoms with Gasteiger partial charge in [-0.3, -0.25) is 9.59 Å². The Morgan fingerprint density at radius 1 is 1.03 bits per heavy atom. The predicted molar refractivity (Wildman–Crippen MR) is 114 cm³/mol. The zero-order valence-electron chi connectivity index (χ0n) is 17.7. The number of ether oxygens (including phenoxy) is 2. The van der Waals surface area contributed by atoms with Gasteiger partial charge in [0, 0.05) is 30.8 Å². The third-order valence-electron chi connectivity index (χ3n) is 5.90. The van der Waals surface area contributed by atoms with Crippen molar-refractivity contribution in [3.63, 3.8) is 0 Å². The van der Waals surface area contributed by atoms with Crippen molar-refractivity contribution in [1.82, 2.24) is 9.80 Å². The number of morpholine rings is 1. The van der Waals surface area contributed by atoms with E-state index in [1.807, 2.05) is 0 Å². The highest BCUT2D eigenvalue weighted by Crippen LogP contribution is 2.23. The van der Waals surface area contributed by atoms with Crippen LogP contribution < -0.4 is 4.74 Å². The summed E-state index contributed by atoms with van der Waals surface area (Å²) in [6.07, 6.45) is 1.73. The van der Waals surface area contributed by atoms with Crippen LogP contribution in [0.5, 0.6) is 5.75 Å². The topological polar surface area (TPSA) is 59.1 Å². The maximum absolute atomic E-state index is 13.9. The number of carbonyl (C=O) groups is 2. The molecule has 4 rings (SSSR count). The van der Waals surface area contributed by atoms with Crippen molar-refractivity contribution in [2.45, 2.75) is 25.8 Å². The zero-order chi connectivity index (χ0) is 21.8. The van der Waals surface area contributed by atoms with Gasteiger partial charge in [-0.2, -0.15) is 0 Å². The average Bonchev–Trinajstić information content (AvgIpc) is 3.28. The Hall–Kier alpha value is -2.93. The van der Waals surface area contributed by atoms with E-state index in [4.69, 9.17) is 9.47 Å². The molecule has 1 unspecified atom stereocenters. The Kier molecular flexibility index (Phi) is 6.51. The number of nitrogens with zero attached hydrogens (tertiary/aromatic N) is 2. The Labute approximate surface area is 181 Å². The van der Waals surface area contributed by atoms with Crippen LogP contribution >= 0.6 is 0 Å². The van der Waals surface area contributed by atoms with Gasteiger partial charge < -0.3 is 19.3 Å². The molecule has 31 heavy (non-hydrogen) atoms. The van der Waals surface area contributed by atoms with E-state index in [0.29, 0.717) is 61.9 Å². The number of aryl methyl sites for hydroxylation is 1. The van der Waals surface area contributed by atoms with Gasteiger partial charge in [-0.25, -0.2) is 4.39 Å². The molecule has 0 N–H and O–H groups in total. The molecule has 2 amide bonds. The summed E-state index contributed by atoms with van der Waals surface area (Å²) in [6, 6.07) is 11.6. The molecule has 2 fully saturated rings. The number of amides is 2. The molecular formula is C24H27FN2O4. The van der Waals surface area contributed by atoms with Gasteiger partial charge in [0.2, 0.25) is 0 Å². The van der Waals surface area contributed by atoms with Crippen molar-refractivity contribution in [1.29, 1.82) is 0 Å². The van der Waals surface area contributed by atoms with Crippen molar-refractivity contribution >= 4 is 11.8 Å². The molecule has 2 aliphatic rings. The Morgan fingerprint density at radius 2 is 1.74 bits per heavy atom. The van der Waals surface area contributed by atoms with E-state index in [1.54, 1.807) is 53.1 Å². The maximum atomic E-state index is 13.9. The molecule has 6 nitrogen and oxygen atoms in total. The predicted octanol–water partition coefficient (Wildman–Crippen LogP) is 3.29. The molecule has 0 aromatic heterocycles. The number of rotatable bonds is 5. The van der Waals surface area contributed by atoms with E-state index in [-0.39, 0.29) is 23.7 Å². The fourth-order valence-electron chi connectivity index (χ4n) is 4.00. The van der Waals surface area contributed by atoms with E-state index in [0.717, 1.165) is 12.8 Å². The molecule has 2 aromatic carbocycles. The SMILES string of the molecule is Cc1ccc(C(=O)N2CCCC2COc2ccc(C(=O)N3CCOCC3)cc2)cc1F. The largest absolute Gasteiger partial charge is 0.491 e. The number of hydrogen-bond donors (Lipinski definition) is 0. The zero-order valence-corrected chi connectivity index (χ0v) is 17.7. The lowest BCUT2D eigenvalue weighted by molar-refractivity contribution is 0.0303. The minimum Gasteiger partial charge on any atom is -0.491 e. The number of halogens is 1. The average molecular weight is 426 g/mol. The van der Waals surface area contributed by atoms with E-state index in [1.165, 1.54) is 6.07 Å². The van der Waals surface area contributed by atoms with Crippen molar-refractivity contribution in [3.05, 3.63) is 65.0 Å². The third kappa shape index (κ3) is 4.88. The Balaban J connectivity index is 1.35. The van der Waals surface area contributed by atoms with Crippen LogP contribution in [-0.4, -0.2) is 67.1 Å². The van der Waals surface area contributed by atoms with Crippen LogP contribution in [0.25, 0.3) is 0 Å². The summed E-state index contributed by atoms with van der Waals surface area (Å²) in [6.45, 7) is 5.01. The van der Waals surface area contributed by atoms with Crippen molar-refractivity contribution < 1.29 is 23.5 Å². The van der Waals surface area contributed by atoms with Crippen LogP contribution in [0.4, 0.5) is 4.39 Å². The lowest BCUT2D eigenvalue weighted by atomic mass is 10.1. The molecule has 1 atom stereocenters. The quantitative estimate of drug-likeness (QED) is 0.736. The molecule has 0 spiro atoms. The summed E-state index contributed by atoms with van der Waals surface area (Å²) in [5.41, 5.74) is 1.50. The summed E-state index contributed by atoms with van der Waals surface area (Å²) >= 11 is 0. The first-order valence-electron chi connectivity index (χ1n) is 10.7. The molecule has 2 aromatic rings. The summed E-state index contributed by atoms with van der Waals surface area (Å²) in [4.78, 5) is 28.9. The monoisotopic (exact) mass is 426 g/mol. The summed E-state index contributed by atoms with van der Waals surface area (Å²) in [5.74, 6) is 0.105. The van der Waals surface area contributed by atoms with Gasteiger partial charge in [0.05, 0.1) is 19.3 Å². The third-order valence-corrected chi connectivity index (χ3v) is 5.90. The van der Waals surface area contributed by atoms with E-state index < -0.39 is 0 Å². The molecular weight excluding hydrogens is 399 g/mol. The van der Waals surface area contributed by atoms with Gasteiger partial charge in [-0.05, 0) is 61.7 Å². The molecule has 2 heterocycles. The van der Waals surface area contributed by atoms with Gasteiger partial charge >= 0.3 is 0 Å². The molecule has 164 valence electrons. The van der Waals surface area contributed by atoms with Crippen molar-refractivity contribution in [2.24, 2.45) is 0 Å². The minimum atomic E-state index is -0.371. The second-order valence-corrected chi connectivity index (χ2v) is 8.00.